The maximum Gasteiger partial charge on any atom is 0.216 e. The highest BCUT2D eigenvalue weighted by Crippen LogP contribution is 2.15. The van der Waals surface area contributed by atoms with Gasteiger partial charge in [0.2, 0.25) is 5.88 Å². The summed E-state index contributed by atoms with van der Waals surface area (Å²) in [5, 5.41) is 3.22. The molecule has 2 rings (SSSR count). The molecular weight excluding hydrogens is 230 g/mol. The third-order valence-corrected chi connectivity index (χ3v) is 2.35. The van der Waals surface area contributed by atoms with Crippen LogP contribution in [0.1, 0.15) is 12.6 Å². The number of ether oxygens (including phenoxy) is 1. The van der Waals surface area contributed by atoms with Gasteiger partial charge in [-0.2, -0.15) is 0 Å². The summed E-state index contributed by atoms with van der Waals surface area (Å²) in [4.78, 5) is 16.7. The minimum atomic E-state index is 0.501. The van der Waals surface area contributed by atoms with Gasteiger partial charge in [-0.25, -0.2) is 19.9 Å². The highest BCUT2D eigenvalue weighted by atomic mass is 16.5. The molecular formula is C12H15N5O. The van der Waals surface area contributed by atoms with Crippen molar-refractivity contribution >= 4 is 0 Å². The Hall–Kier alpha value is -2.08. The molecule has 0 saturated heterocycles. The Morgan fingerprint density at radius 2 is 2.17 bits per heavy atom. The molecule has 0 aromatic carbocycles. The number of hydrogen-bond acceptors (Lipinski definition) is 6. The first-order valence-corrected chi connectivity index (χ1v) is 5.72. The molecule has 6 nitrogen and oxygen atoms in total. The largest absolute Gasteiger partial charge is 0.481 e. The molecule has 2 heterocycles. The molecule has 0 radical (unpaired) electrons. The fourth-order valence-corrected chi connectivity index (χ4v) is 1.44. The molecule has 0 unspecified atom stereocenters. The molecule has 0 saturated carbocycles. The van der Waals surface area contributed by atoms with E-state index in [4.69, 9.17) is 4.74 Å². The van der Waals surface area contributed by atoms with Gasteiger partial charge in [-0.15, -0.1) is 0 Å². The standard InChI is InChI=1S/C12H15N5O/c1-3-13-7-9-4-5-14-12(17-9)10-6-11(18-2)16-8-15-10/h4-6,8,13H,3,7H2,1-2H3. The highest BCUT2D eigenvalue weighted by Gasteiger charge is 2.06. The second kappa shape index (κ2) is 6.02. The molecule has 1 N–H and O–H groups in total. The molecule has 94 valence electrons. The molecule has 0 aliphatic carbocycles. The molecule has 0 amide bonds. The molecule has 0 aliphatic heterocycles. The second-order valence-electron chi connectivity index (χ2n) is 3.60. The predicted octanol–water partition coefficient (Wildman–Crippen LogP) is 1.05. The number of aromatic nitrogens is 4. The third-order valence-electron chi connectivity index (χ3n) is 2.35. The quantitative estimate of drug-likeness (QED) is 0.849. The van der Waals surface area contributed by atoms with Crippen molar-refractivity contribution in [3.63, 3.8) is 0 Å². The topological polar surface area (TPSA) is 72.8 Å². The van der Waals surface area contributed by atoms with E-state index in [1.807, 2.05) is 6.07 Å². The van der Waals surface area contributed by atoms with E-state index in [-0.39, 0.29) is 0 Å². The lowest BCUT2D eigenvalue weighted by Gasteiger charge is -2.04. The maximum atomic E-state index is 5.05. The molecule has 2 aromatic rings. The number of rotatable bonds is 5. The highest BCUT2D eigenvalue weighted by molar-refractivity contribution is 5.49. The Bertz CT molecular complexity index is 517. The van der Waals surface area contributed by atoms with Crippen LogP contribution in [0.25, 0.3) is 11.5 Å². The monoisotopic (exact) mass is 245 g/mol. The van der Waals surface area contributed by atoms with Crippen LogP contribution in [-0.4, -0.2) is 33.6 Å². The fourth-order valence-electron chi connectivity index (χ4n) is 1.44. The Balaban J connectivity index is 2.26. The molecule has 0 atom stereocenters. The third kappa shape index (κ3) is 2.98. The zero-order valence-corrected chi connectivity index (χ0v) is 10.4. The first-order chi connectivity index (χ1) is 8.83. The molecule has 0 fully saturated rings. The minimum Gasteiger partial charge on any atom is -0.481 e. The van der Waals surface area contributed by atoms with E-state index in [2.05, 4.69) is 32.2 Å². The lowest BCUT2D eigenvalue weighted by molar-refractivity contribution is 0.397. The van der Waals surface area contributed by atoms with Crippen LogP contribution in [-0.2, 0) is 6.54 Å². The summed E-state index contributed by atoms with van der Waals surface area (Å²) in [6, 6.07) is 3.59. The van der Waals surface area contributed by atoms with Crippen LogP contribution >= 0.6 is 0 Å². The van der Waals surface area contributed by atoms with Crippen molar-refractivity contribution in [2.24, 2.45) is 0 Å². The van der Waals surface area contributed by atoms with Gasteiger partial charge in [0.1, 0.15) is 12.0 Å². The van der Waals surface area contributed by atoms with Gasteiger partial charge in [0.15, 0.2) is 5.82 Å². The summed E-state index contributed by atoms with van der Waals surface area (Å²) in [6.07, 6.45) is 3.16. The van der Waals surface area contributed by atoms with Gasteiger partial charge in [-0.1, -0.05) is 6.92 Å². The van der Waals surface area contributed by atoms with Gasteiger partial charge in [0, 0.05) is 18.8 Å². The Kier molecular flexibility index (Phi) is 4.14. The number of methoxy groups -OCH3 is 1. The van der Waals surface area contributed by atoms with Crippen molar-refractivity contribution in [2.75, 3.05) is 13.7 Å². The maximum absolute atomic E-state index is 5.05. The van der Waals surface area contributed by atoms with E-state index in [0.29, 0.717) is 23.9 Å². The van der Waals surface area contributed by atoms with E-state index in [1.54, 1.807) is 19.4 Å². The van der Waals surface area contributed by atoms with E-state index in [0.717, 1.165) is 12.2 Å². The summed E-state index contributed by atoms with van der Waals surface area (Å²) in [6.45, 7) is 3.67. The van der Waals surface area contributed by atoms with Crippen molar-refractivity contribution in [1.82, 2.24) is 25.3 Å². The zero-order valence-electron chi connectivity index (χ0n) is 10.4. The first kappa shape index (κ1) is 12.4. The van der Waals surface area contributed by atoms with E-state index >= 15 is 0 Å². The average molecular weight is 245 g/mol. The number of nitrogens with zero attached hydrogens (tertiary/aromatic N) is 4. The Morgan fingerprint density at radius 3 is 2.94 bits per heavy atom. The lowest BCUT2D eigenvalue weighted by Crippen LogP contribution is -2.13. The molecule has 0 aliphatic rings. The summed E-state index contributed by atoms with van der Waals surface area (Å²) < 4.78 is 5.05. The fraction of sp³-hybridized carbons (Fsp3) is 0.333. The summed E-state index contributed by atoms with van der Waals surface area (Å²) in [5.74, 6) is 1.08. The van der Waals surface area contributed by atoms with Crippen LogP contribution in [0.5, 0.6) is 5.88 Å². The Morgan fingerprint density at radius 1 is 1.28 bits per heavy atom. The minimum absolute atomic E-state index is 0.501. The average Bonchev–Trinajstić information content (AvgIpc) is 2.45. The summed E-state index contributed by atoms with van der Waals surface area (Å²) >= 11 is 0. The van der Waals surface area contributed by atoms with Gasteiger partial charge in [0.05, 0.1) is 12.8 Å². The SMILES string of the molecule is CCNCc1ccnc(-c2cc(OC)ncn2)n1. The van der Waals surface area contributed by atoms with Crippen molar-refractivity contribution in [3.8, 4) is 17.4 Å². The molecule has 6 heteroatoms. The van der Waals surface area contributed by atoms with Gasteiger partial charge in [-0.05, 0) is 12.6 Å². The van der Waals surface area contributed by atoms with E-state index < -0.39 is 0 Å². The molecule has 0 spiro atoms. The Labute approximate surface area is 105 Å². The first-order valence-electron chi connectivity index (χ1n) is 5.72. The van der Waals surface area contributed by atoms with Crippen LogP contribution in [0.15, 0.2) is 24.7 Å². The molecule has 0 bridgehead atoms. The van der Waals surface area contributed by atoms with Gasteiger partial charge >= 0.3 is 0 Å². The van der Waals surface area contributed by atoms with Crippen molar-refractivity contribution < 1.29 is 4.74 Å². The van der Waals surface area contributed by atoms with Crippen LogP contribution in [0, 0.1) is 0 Å². The number of nitrogens with one attached hydrogen (secondary N) is 1. The summed E-state index contributed by atoms with van der Waals surface area (Å²) in [7, 11) is 1.56. The second-order valence-corrected chi connectivity index (χ2v) is 3.60. The summed E-state index contributed by atoms with van der Waals surface area (Å²) in [5.41, 5.74) is 1.58. The normalized spacial score (nSPS) is 10.3. The molecule has 2 aromatic heterocycles. The van der Waals surface area contributed by atoms with Crippen molar-refractivity contribution in [3.05, 3.63) is 30.4 Å². The lowest BCUT2D eigenvalue weighted by atomic mass is 10.3. The van der Waals surface area contributed by atoms with Gasteiger partial charge in [0.25, 0.3) is 0 Å². The van der Waals surface area contributed by atoms with E-state index in [9.17, 15) is 0 Å². The van der Waals surface area contributed by atoms with Crippen molar-refractivity contribution in [2.45, 2.75) is 13.5 Å². The molecule has 18 heavy (non-hydrogen) atoms. The van der Waals surface area contributed by atoms with Gasteiger partial charge < -0.3 is 10.1 Å². The van der Waals surface area contributed by atoms with Crippen molar-refractivity contribution in [1.29, 1.82) is 0 Å². The van der Waals surface area contributed by atoms with Gasteiger partial charge in [-0.3, -0.25) is 0 Å². The predicted molar refractivity (Wildman–Crippen MR) is 67.0 cm³/mol. The number of hydrogen-bond donors (Lipinski definition) is 1. The smallest absolute Gasteiger partial charge is 0.216 e. The zero-order chi connectivity index (χ0) is 12.8. The van der Waals surface area contributed by atoms with Crippen LogP contribution in [0.2, 0.25) is 0 Å². The van der Waals surface area contributed by atoms with E-state index in [1.165, 1.54) is 6.33 Å². The van der Waals surface area contributed by atoms with Crippen LogP contribution in [0.4, 0.5) is 0 Å². The van der Waals surface area contributed by atoms with Crippen LogP contribution in [0.3, 0.4) is 0 Å². The van der Waals surface area contributed by atoms with Crippen LogP contribution < -0.4 is 10.1 Å².